The fourth-order valence-corrected chi connectivity index (χ4v) is 6.39. The molecule has 0 spiro atoms. The van der Waals surface area contributed by atoms with Gasteiger partial charge in [0.1, 0.15) is 17.2 Å². The van der Waals surface area contributed by atoms with E-state index >= 15 is 0 Å². The number of amides is 1. The van der Waals surface area contributed by atoms with Crippen LogP contribution in [-0.2, 0) is 21.4 Å². The van der Waals surface area contributed by atoms with Gasteiger partial charge in [-0.25, -0.2) is 18.4 Å². The first kappa shape index (κ1) is 24.5. The summed E-state index contributed by atoms with van der Waals surface area (Å²) in [6, 6.07) is 12.1. The summed E-state index contributed by atoms with van der Waals surface area (Å²) in [7, 11) is -3.91. The van der Waals surface area contributed by atoms with Crippen molar-refractivity contribution in [3.63, 3.8) is 0 Å². The molecule has 1 atom stereocenters. The number of aromatic amines is 1. The van der Waals surface area contributed by atoms with Crippen LogP contribution in [-0.4, -0.2) is 57.6 Å². The van der Waals surface area contributed by atoms with Gasteiger partial charge in [-0.3, -0.25) is 4.79 Å². The first-order valence-electron chi connectivity index (χ1n) is 11.7. The summed E-state index contributed by atoms with van der Waals surface area (Å²) in [6.45, 7) is 4.47. The van der Waals surface area contributed by atoms with Crippen molar-refractivity contribution in [2.75, 3.05) is 18.8 Å². The molecule has 1 saturated heterocycles. The lowest BCUT2D eigenvalue weighted by molar-refractivity contribution is -0.138. The van der Waals surface area contributed by atoms with E-state index in [1.165, 1.54) is 10.6 Å². The van der Waals surface area contributed by atoms with Crippen molar-refractivity contribution in [2.45, 2.75) is 37.9 Å². The minimum absolute atomic E-state index is 0.0520. The molecule has 36 heavy (non-hydrogen) atoms. The second-order valence-electron chi connectivity index (χ2n) is 9.58. The number of rotatable bonds is 6. The van der Waals surface area contributed by atoms with E-state index in [1.807, 2.05) is 18.2 Å². The van der Waals surface area contributed by atoms with Crippen molar-refractivity contribution >= 4 is 55.2 Å². The van der Waals surface area contributed by atoms with Crippen LogP contribution in [0.25, 0.3) is 21.8 Å². The fraction of sp³-hybridized carbons (Fsp3) is 0.320. The van der Waals surface area contributed by atoms with Crippen LogP contribution < -0.4 is 5.73 Å². The van der Waals surface area contributed by atoms with Crippen molar-refractivity contribution in [3.8, 4) is 0 Å². The monoisotopic (exact) mass is 526 g/mol. The topological polar surface area (TPSA) is 125 Å². The van der Waals surface area contributed by atoms with Gasteiger partial charge in [0.2, 0.25) is 5.91 Å². The van der Waals surface area contributed by atoms with Crippen LogP contribution in [0.2, 0.25) is 5.02 Å². The normalized spacial score (nSPS) is 17.5. The summed E-state index contributed by atoms with van der Waals surface area (Å²) in [5.41, 5.74) is 8.20. The highest BCUT2D eigenvalue weighted by Gasteiger charge is 2.39. The predicted molar refractivity (Wildman–Crippen MR) is 140 cm³/mol. The number of fused-ring (bicyclic) bond motifs is 2. The lowest BCUT2D eigenvalue weighted by atomic mass is 9.99. The Kier molecular flexibility index (Phi) is 6.36. The number of aromatic nitrogens is 3. The Hall–Kier alpha value is -3.21. The number of carbonyl (C=O) groups excluding carboxylic acids is 1. The molecule has 0 unspecified atom stereocenters. The van der Waals surface area contributed by atoms with E-state index in [0.717, 1.165) is 10.9 Å². The highest BCUT2D eigenvalue weighted by atomic mass is 35.5. The summed E-state index contributed by atoms with van der Waals surface area (Å²) in [6.07, 6.45) is 2.08. The Morgan fingerprint density at radius 3 is 2.75 bits per heavy atom. The number of halogens is 1. The van der Waals surface area contributed by atoms with E-state index in [-0.39, 0.29) is 36.0 Å². The van der Waals surface area contributed by atoms with E-state index < -0.39 is 10.0 Å². The van der Waals surface area contributed by atoms with E-state index in [1.54, 1.807) is 29.2 Å². The average molecular weight is 527 g/mol. The van der Waals surface area contributed by atoms with E-state index in [0.29, 0.717) is 40.2 Å². The SMILES string of the molecule is CC(C)C[C@H]1CN(S(=O)(=O)c2cc3cc(Cl)ccc3[nH]2)CC(=O)N1Cc1ccc2c(N)ncnc2c1. The molecule has 3 heterocycles. The molecule has 1 amide bonds. The number of hydrogen-bond donors (Lipinski definition) is 2. The molecule has 11 heteroatoms. The third-order valence-corrected chi connectivity index (χ3v) is 8.46. The molecule has 0 aliphatic carbocycles. The first-order valence-corrected chi connectivity index (χ1v) is 13.5. The number of nitrogens with zero attached hydrogens (tertiary/aromatic N) is 4. The van der Waals surface area contributed by atoms with Crippen molar-refractivity contribution in [3.05, 3.63) is 59.4 Å². The Balaban J connectivity index is 1.43. The molecule has 1 aliphatic heterocycles. The fourth-order valence-electron chi connectivity index (χ4n) is 4.76. The summed E-state index contributed by atoms with van der Waals surface area (Å²) < 4.78 is 28.3. The molecule has 5 rings (SSSR count). The summed E-state index contributed by atoms with van der Waals surface area (Å²) >= 11 is 6.06. The Labute approximate surface area is 214 Å². The number of piperazine rings is 1. The summed E-state index contributed by atoms with van der Waals surface area (Å²) in [5.74, 6) is 0.433. The van der Waals surface area contributed by atoms with Crippen molar-refractivity contribution < 1.29 is 13.2 Å². The zero-order valence-corrected chi connectivity index (χ0v) is 21.6. The van der Waals surface area contributed by atoms with Gasteiger partial charge < -0.3 is 15.6 Å². The largest absolute Gasteiger partial charge is 0.383 e. The second kappa shape index (κ2) is 9.34. The Bertz CT molecular complexity index is 1570. The molecule has 4 aromatic rings. The summed E-state index contributed by atoms with van der Waals surface area (Å²) in [4.78, 5) is 26.4. The maximum Gasteiger partial charge on any atom is 0.259 e. The number of anilines is 1. The van der Waals surface area contributed by atoms with Gasteiger partial charge in [0, 0.05) is 40.4 Å². The van der Waals surface area contributed by atoms with Gasteiger partial charge in [0.15, 0.2) is 0 Å². The molecule has 2 aromatic heterocycles. The van der Waals surface area contributed by atoms with E-state index in [9.17, 15) is 13.2 Å². The molecule has 1 fully saturated rings. The van der Waals surface area contributed by atoms with Crippen LogP contribution in [0.4, 0.5) is 5.82 Å². The highest BCUT2D eigenvalue weighted by molar-refractivity contribution is 7.89. The predicted octanol–water partition coefficient (Wildman–Crippen LogP) is 3.79. The molecular weight excluding hydrogens is 500 g/mol. The molecule has 1 aliphatic rings. The molecule has 188 valence electrons. The molecule has 3 N–H and O–H groups in total. The minimum Gasteiger partial charge on any atom is -0.383 e. The van der Waals surface area contributed by atoms with Crippen molar-refractivity contribution in [1.82, 2.24) is 24.2 Å². The molecule has 0 saturated carbocycles. The van der Waals surface area contributed by atoms with E-state index in [2.05, 4.69) is 28.8 Å². The zero-order chi connectivity index (χ0) is 25.6. The number of nitrogens with two attached hydrogens (primary N) is 1. The number of nitrogen functional groups attached to an aromatic ring is 1. The van der Waals surface area contributed by atoms with Crippen molar-refractivity contribution in [1.29, 1.82) is 0 Å². The molecule has 0 radical (unpaired) electrons. The van der Waals surface area contributed by atoms with Gasteiger partial charge >= 0.3 is 0 Å². The van der Waals surface area contributed by atoms with Gasteiger partial charge in [0.25, 0.3) is 10.0 Å². The van der Waals surface area contributed by atoms with Crippen LogP contribution in [0.15, 0.2) is 53.8 Å². The third-order valence-electron chi connectivity index (χ3n) is 6.49. The first-order chi connectivity index (χ1) is 17.1. The van der Waals surface area contributed by atoms with Gasteiger partial charge in [0.05, 0.1) is 12.1 Å². The third kappa shape index (κ3) is 4.63. The minimum atomic E-state index is -3.91. The van der Waals surface area contributed by atoms with Crippen LogP contribution >= 0.6 is 11.6 Å². The maximum atomic E-state index is 13.5. The van der Waals surface area contributed by atoms with Crippen molar-refractivity contribution in [2.24, 2.45) is 5.92 Å². The molecule has 2 aromatic carbocycles. The number of sulfonamides is 1. The van der Waals surface area contributed by atoms with E-state index in [4.69, 9.17) is 17.3 Å². The van der Waals surface area contributed by atoms with Crippen LogP contribution in [0.1, 0.15) is 25.8 Å². The maximum absolute atomic E-state index is 13.5. The highest BCUT2D eigenvalue weighted by Crippen LogP contribution is 2.28. The summed E-state index contributed by atoms with van der Waals surface area (Å²) in [5, 5.41) is 2.03. The lowest BCUT2D eigenvalue weighted by Crippen LogP contribution is -2.57. The number of nitrogens with one attached hydrogen (secondary N) is 1. The van der Waals surface area contributed by atoms with Crippen LogP contribution in [0.3, 0.4) is 0 Å². The van der Waals surface area contributed by atoms with Crippen LogP contribution in [0.5, 0.6) is 0 Å². The second-order valence-corrected chi connectivity index (χ2v) is 11.9. The Morgan fingerprint density at radius 1 is 1.17 bits per heavy atom. The van der Waals surface area contributed by atoms with Gasteiger partial charge in [-0.05, 0) is 54.3 Å². The quantitative estimate of drug-likeness (QED) is 0.393. The van der Waals surface area contributed by atoms with Gasteiger partial charge in [-0.15, -0.1) is 0 Å². The number of carbonyl (C=O) groups is 1. The number of hydrogen-bond acceptors (Lipinski definition) is 6. The number of benzene rings is 2. The van der Waals surface area contributed by atoms with Gasteiger partial charge in [-0.2, -0.15) is 4.31 Å². The molecule has 0 bridgehead atoms. The Morgan fingerprint density at radius 2 is 1.97 bits per heavy atom. The number of H-pyrrole nitrogens is 1. The average Bonchev–Trinajstić information content (AvgIpc) is 3.25. The lowest BCUT2D eigenvalue weighted by Gasteiger charge is -2.41. The van der Waals surface area contributed by atoms with Crippen LogP contribution in [0, 0.1) is 5.92 Å². The standard InChI is InChI=1S/C25H27ClN6O3S/c1-15(2)7-19-12-31(36(34,35)23-10-17-9-18(26)4-6-21(17)30-23)13-24(33)32(19)11-16-3-5-20-22(8-16)28-14-29-25(20)27/h3-6,8-10,14-15,19,30H,7,11-13H2,1-2H3,(H2,27,28,29)/t19-/m0/s1. The molecule has 9 nitrogen and oxygen atoms in total. The zero-order valence-electron chi connectivity index (χ0n) is 20.0. The van der Waals surface area contributed by atoms with Gasteiger partial charge in [-0.1, -0.05) is 31.5 Å². The molecular formula is C25H27ClN6O3S. The smallest absolute Gasteiger partial charge is 0.259 e.